The zero-order chi connectivity index (χ0) is 26.1. The van der Waals surface area contributed by atoms with E-state index in [4.69, 9.17) is 11.5 Å². The molecule has 3 amide bonds. The van der Waals surface area contributed by atoms with E-state index < -0.39 is 11.8 Å². The van der Waals surface area contributed by atoms with Gasteiger partial charge in [0.05, 0.1) is 23.1 Å². The first kappa shape index (κ1) is 24.0. The first-order valence-electron chi connectivity index (χ1n) is 11.8. The Hall–Kier alpha value is -4.76. The molecule has 0 unspecified atom stereocenters. The normalized spacial score (nSPS) is 12.9. The van der Waals surface area contributed by atoms with Crippen LogP contribution in [-0.4, -0.2) is 41.1 Å². The van der Waals surface area contributed by atoms with Crippen molar-refractivity contribution in [3.63, 3.8) is 0 Å². The summed E-state index contributed by atoms with van der Waals surface area (Å²) in [5.74, 6) is -1.50. The summed E-state index contributed by atoms with van der Waals surface area (Å²) in [6.45, 7) is 1.03. The number of anilines is 1. The summed E-state index contributed by atoms with van der Waals surface area (Å²) < 4.78 is 1.50. The maximum atomic E-state index is 13.8. The minimum absolute atomic E-state index is 0.260. The highest BCUT2D eigenvalue weighted by Crippen LogP contribution is 2.33. The molecule has 3 aromatic carbocycles. The monoisotopic (exact) mass is 494 g/mol. The smallest absolute Gasteiger partial charge is 0.277 e. The molecule has 5 N–H and O–H groups in total. The largest absolute Gasteiger partial charge is 0.366 e. The summed E-state index contributed by atoms with van der Waals surface area (Å²) in [5.41, 5.74) is 16.8. The van der Waals surface area contributed by atoms with Gasteiger partial charge in [-0.3, -0.25) is 14.4 Å². The lowest BCUT2D eigenvalue weighted by Gasteiger charge is -2.29. The number of benzene rings is 3. The number of fused-ring (bicyclic) bond motifs is 1. The zero-order valence-electron chi connectivity index (χ0n) is 20.3. The highest BCUT2D eigenvalue weighted by atomic mass is 16.2. The van der Waals surface area contributed by atoms with E-state index in [1.54, 1.807) is 47.5 Å². The number of carbonyl (C=O) groups is 3. The highest BCUT2D eigenvalue weighted by Gasteiger charge is 2.32. The Labute approximate surface area is 213 Å². The molecule has 186 valence electrons. The van der Waals surface area contributed by atoms with E-state index in [1.165, 1.54) is 4.68 Å². The van der Waals surface area contributed by atoms with Crippen LogP contribution < -0.4 is 21.7 Å². The van der Waals surface area contributed by atoms with Gasteiger partial charge >= 0.3 is 0 Å². The van der Waals surface area contributed by atoms with E-state index in [0.717, 1.165) is 22.3 Å². The summed E-state index contributed by atoms with van der Waals surface area (Å²) in [6, 6.07) is 19.9. The van der Waals surface area contributed by atoms with Crippen molar-refractivity contribution in [1.29, 1.82) is 0 Å². The summed E-state index contributed by atoms with van der Waals surface area (Å²) in [6.07, 6.45) is 2.19. The van der Waals surface area contributed by atoms with Crippen LogP contribution in [0.4, 0.5) is 5.69 Å². The van der Waals surface area contributed by atoms with Crippen LogP contribution in [0.1, 0.15) is 42.3 Å². The average molecular weight is 495 g/mol. The molecule has 5 rings (SSSR count). The summed E-state index contributed by atoms with van der Waals surface area (Å²) in [7, 11) is 1.87. The molecule has 0 saturated heterocycles. The van der Waals surface area contributed by atoms with Crippen molar-refractivity contribution in [2.24, 2.45) is 11.5 Å². The molecule has 9 heteroatoms. The van der Waals surface area contributed by atoms with Crippen molar-refractivity contribution in [2.45, 2.75) is 13.0 Å². The lowest BCUT2D eigenvalue weighted by atomic mass is 9.96. The number of hydrogen-bond donors (Lipinski definition) is 3. The summed E-state index contributed by atoms with van der Waals surface area (Å²) in [5, 5.41) is 7.56. The number of amides is 3. The third-order valence-corrected chi connectivity index (χ3v) is 6.52. The predicted octanol–water partition coefficient (Wildman–Crippen LogP) is 2.66. The first-order valence-corrected chi connectivity index (χ1v) is 11.8. The molecule has 1 aliphatic rings. The number of carbonyl (C=O) groups excluding carboxylic acids is 3. The molecule has 0 atom stereocenters. The molecule has 4 aromatic rings. The lowest BCUT2D eigenvalue weighted by molar-refractivity contribution is 0.0970. The van der Waals surface area contributed by atoms with Crippen molar-refractivity contribution in [3.05, 3.63) is 101 Å². The number of nitrogens with one attached hydrogen (secondary N) is 1. The van der Waals surface area contributed by atoms with Crippen LogP contribution in [0.3, 0.4) is 0 Å². The molecule has 0 bridgehead atoms. The summed E-state index contributed by atoms with van der Waals surface area (Å²) in [4.78, 5) is 39.6. The van der Waals surface area contributed by atoms with Gasteiger partial charge in [0, 0.05) is 24.2 Å². The topological polar surface area (TPSA) is 136 Å². The van der Waals surface area contributed by atoms with Gasteiger partial charge in [0.2, 0.25) is 5.91 Å². The van der Waals surface area contributed by atoms with Gasteiger partial charge in [-0.2, -0.15) is 5.10 Å². The first-order chi connectivity index (χ1) is 17.9. The molecule has 0 aliphatic carbocycles. The highest BCUT2D eigenvalue weighted by molar-refractivity contribution is 6.11. The van der Waals surface area contributed by atoms with Gasteiger partial charge in [-0.1, -0.05) is 36.4 Å². The molecule has 1 aromatic heterocycles. The van der Waals surface area contributed by atoms with E-state index >= 15 is 0 Å². The zero-order valence-corrected chi connectivity index (χ0v) is 20.3. The van der Waals surface area contributed by atoms with Crippen LogP contribution in [0, 0.1) is 0 Å². The molecule has 0 saturated carbocycles. The fourth-order valence-electron chi connectivity index (χ4n) is 4.75. The van der Waals surface area contributed by atoms with Crippen LogP contribution in [0.15, 0.2) is 72.9 Å². The number of rotatable bonds is 7. The maximum absolute atomic E-state index is 13.8. The predicted molar refractivity (Wildman–Crippen MR) is 141 cm³/mol. The Balaban J connectivity index is 1.56. The van der Waals surface area contributed by atoms with Crippen LogP contribution in [0.5, 0.6) is 0 Å². The molecular weight excluding hydrogens is 468 g/mol. The van der Waals surface area contributed by atoms with Crippen LogP contribution in [-0.2, 0) is 13.0 Å². The average Bonchev–Trinajstić information content (AvgIpc) is 3.34. The standard InChI is InChI=1S/C28H26N6O3/c1-31-15-19-5-2-3-8-22(19)17-9-10-24(23(14-17)27(30)36)33-12-11-20-16-32-34(25(20)28(33)37)21-7-4-6-18(13-21)26(29)35/h2-10,13-14,16,31H,11-12,15H2,1H3,(H2,29,35)(H2,30,36). The summed E-state index contributed by atoms with van der Waals surface area (Å²) >= 11 is 0. The van der Waals surface area contributed by atoms with E-state index in [-0.39, 0.29) is 11.5 Å². The Morgan fingerprint density at radius 1 is 1.00 bits per heavy atom. The van der Waals surface area contributed by atoms with Gasteiger partial charge in [0.1, 0.15) is 5.69 Å². The second-order valence-corrected chi connectivity index (χ2v) is 8.84. The van der Waals surface area contributed by atoms with E-state index in [1.807, 2.05) is 37.4 Å². The van der Waals surface area contributed by atoms with E-state index in [2.05, 4.69) is 10.4 Å². The Kier molecular flexibility index (Phi) is 6.29. The van der Waals surface area contributed by atoms with Gasteiger partial charge in [0.25, 0.3) is 11.8 Å². The fourth-order valence-corrected chi connectivity index (χ4v) is 4.75. The molecule has 2 heterocycles. The van der Waals surface area contributed by atoms with Crippen molar-refractivity contribution in [3.8, 4) is 16.8 Å². The fraction of sp³-hybridized carbons (Fsp3) is 0.143. The van der Waals surface area contributed by atoms with Gasteiger partial charge < -0.3 is 21.7 Å². The molecule has 0 spiro atoms. The van der Waals surface area contributed by atoms with Crippen molar-refractivity contribution >= 4 is 23.4 Å². The molecule has 37 heavy (non-hydrogen) atoms. The quantitative estimate of drug-likeness (QED) is 0.363. The van der Waals surface area contributed by atoms with Gasteiger partial charge in [-0.15, -0.1) is 0 Å². The maximum Gasteiger partial charge on any atom is 0.277 e. The number of nitrogens with two attached hydrogens (primary N) is 2. The third kappa shape index (κ3) is 4.36. The second-order valence-electron chi connectivity index (χ2n) is 8.84. The van der Waals surface area contributed by atoms with Crippen LogP contribution >= 0.6 is 0 Å². The number of hydrogen-bond acceptors (Lipinski definition) is 5. The number of aromatic nitrogens is 2. The molecular formula is C28H26N6O3. The Bertz CT molecular complexity index is 1540. The van der Waals surface area contributed by atoms with Crippen molar-refractivity contribution in [1.82, 2.24) is 15.1 Å². The Morgan fingerprint density at radius 2 is 1.81 bits per heavy atom. The number of nitrogens with zero attached hydrogens (tertiary/aromatic N) is 3. The molecule has 0 radical (unpaired) electrons. The van der Waals surface area contributed by atoms with Crippen LogP contribution in [0.2, 0.25) is 0 Å². The van der Waals surface area contributed by atoms with Crippen molar-refractivity contribution in [2.75, 3.05) is 18.5 Å². The SMILES string of the molecule is CNCc1ccccc1-c1ccc(N2CCc3cnn(-c4cccc(C(N)=O)c4)c3C2=O)c(C(N)=O)c1. The lowest BCUT2D eigenvalue weighted by Crippen LogP contribution is -2.39. The van der Waals surface area contributed by atoms with Gasteiger partial charge in [-0.25, -0.2) is 4.68 Å². The molecule has 0 fully saturated rings. The van der Waals surface area contributed by atoms with Gasteiger partial charge in [-0.05, 0) is 60.5 Å². The molecule has 1 aliphatic heterocycles. The number of primary amides is 2. The van der Waals surface area contributed by atoms with E-state index in [0.29, 0.717) is 42.1 Å². The second kappa shape index (κ2) is 9.71. The van der Waals surface area contributed by atoms with E-state index in [9.17, 15) is 14.4 Å². The minimum atomic E-state index is -0.621. The minimum Gasteiger partial charge on any atom is -0.366 e. The molecule has 9 nitrogen and oxygen atoms in total. The van der Waals surface area contributed by atoms with Gasteiger partial charge in [0.15, 0.2) is 0 Å². The van der Waals surface area contributed by atoms with Crippen LogP contribution in [0.25, 0.3) is 16.8 Å². The van der Waals surface area contributed by atoms with Crippen molar-refractivity contribution < 1.29 is 14.4 Å². The third-order valence-electron chi connectivity index (χ3n) is 6.52. The Morgan fingerprint density at radius 3 is 2.57 bits per heavy atom.